The van der Waals surface area contributed by atoms with Crippen molar-refractivity contribution in [3.05, 3.63) is 29.3 Å². The molecule has 1 aromatic rings. The van der Waals surface area contributed by atoms with Crippen molar-refractivity contribution in [3.63, 3.8) is 0 Å². The van der Waals surface area contributed by atoms with Crippen molar-refractivity contribution in [2.45, 2.75) is 52.0 Å². The van der Waals surface area contributed by atoms with Crippen molar-refractivity contribution in [1.29, 1.82) is 5.26 Å². The third kappa shape index (κ3) is 5.22. The molecule has 0 aliphatic heterocycles. The van der Waals surface area contributed by atoms with Crippen LogP contribution >= 0.6 is 0 Å². The predicted molar refractivity (Wildman–Crippen MR) is 102 cm³/mol. The van der Waals surface area contributed by atoms with Crippen LogP contribution in [0.2, 0.25) is 0 Å². The average Bonchev–Trinajstić information content (AvgIpc) is 3.07. The average molecular weight is 356 g/mol. The molecular formula is C20H28N4O2. The fourth-order valence-electron chi connectivity index (χ4n) is 3.13. The maximum atomic E-state index is 12.2. The van der Waals surface area contributed by atoms with E-state index in [4.69, 9.17) is 0 Å². The van der Waals surface area contributed by atoms with Crippen LogP contribution < -0.4 is 16.0 Å². The summed E-state index contributed by atoms with van der Waals surface area (Å²) >= 11 is 0. The molecule has 0 unspecified atom stereocenters. The second-order valence-electron chi connectivity index (χ2n) is 7.44. The molecule has 0 spiro atoms. The van der Waals surface area contributed by atoms with Crippen molar-refractivity contribution in [2.75, 3.05) is 18.4 Å². The summed E-state index contributed by atoms with van der Waals surface area (Å²) in [6.07, 6.45) is 3.38. The van der Waals surface area contributed by atoms with Crippen LogP contribution in [0.1, 0.15) is 55.5 Å². The van der Waals surface area contributed by atoms with Gasteiger partial charge in [-0.1, -0.05) is 13.8 Å². The summed E-state index contributed by atoms with van der Waals surface area (Å²) in [6, 6.07) is 7.62. The topological polar surface area (TPSA) is 94.0 Å². The highest BCUT2D eigenvalue weighted by atomic mass is 16.2. The standard InChI is InChI=1S/C20H28N4O2/c1-14(2)11-23-19(26)16-6-7-17(15(3)10-16)22-12-18(25)24-20(13-21)8-4-5-9-20/h6-7,10,14,22H,4-5,8-9,11-12H2,1-3H3,(H,23,26)(H,24,25). The van der Waals surface area contributed by atoms with Gasteiger partial charge in [-0.05, 0) is 62.3 Å². The molecule has 1 aromatic carbocycles. The van der Waals surface area contributed by atoms with Crippen LogP contribution in [0.15, 0.2) is 18.2 Å². The van der Waals surface area contributed by atoms with E-state index in [2.05, 4.69) is 22.0 Å². The van der Waals surface area contributed by atoms with E-state index in [0.717, 1.165) is 24.1 Å². The van der Waals surface area contributed by atoms with Crippen molar-refractivity contribution < 1.29 is 9.59 Å². The van der Waals surface area contributed by atoms with Gasteiger partial charge in [0.1, 0.15) is 5.54 Å². The van der Waals surface area contributed by atoms with Crippen molar-refractivity contribution >= 4 is 17.5 Å². The molecule has 0 heterocycles. The molecule has 1 aliphatic carbocycles. The van der Waals surface area contributed by atoms with Crippen molar-refractivity contribution in [3.8, 4) is 6.07 Å². The number of aryl methyl sites for hydroxylation is 1. The van der Waals surface area contributed by atoms with Crippen molar-refractivity contribution in [2.24, 2.45) is 5.92 Å². The number of hydrogen-bond donors (Lipinski definition) is 3. The number of rotatable bonds is 7. The van der Waals surface area contributed by atoms with E-state index < -0.39 is 5.54 Å². The fraction of sp³-hybridized carbons (Fsp3) is 0.550. The first-order valence-electron chi connectivity index (χ1n) is 9.20. The number of hydrogen-bond acceptors (Lipinski definition) is 4. The van der Waals surface area contributed by atoms with Gasteiger partial charge in [0.2, 0.25) is 5.91 Å². The van der Waals surface area contributed by atoms with Gasteiger partial charge < -0.3 is 16.0 Å². The molecular weight excluding hydrogens is 328 g/mol. The van der Waals surface area contributed by atoms with Gasteiger partial charge in [-0.2, -0.15) is 5.26 Å². The Bertz CT molecular complexity index is 700. The Kier molecular flexibility index (Phi) is 6.62. The minimum absolute atomic E-state index is 0.0942. The third-order valence-corrected chi connectivity index (χ3v) is 4.65. The third-order valence-electron chi connectivity index (χ3n) is 4.65. The Morgan fingerprint density at radius 1 is 1.27 bits per heavy atom. The number of amides is 2. The molecule has 0 bridgehead atoms. The summed E-state index contributed by atoms with van der Waals surface area (Å²) in [7, 11) is 0. The molecule has 0 atom stereocenters. The van der Waals surface area contributed by atoms with Crippen LogP contribution in [0.25, 0.3) is 0 Å². The Hall–Kier alpha value is -2.55. The maximum absolute atomic E-state index is 12.2. The van der Waals surface area contributed by atoms with Crippen LogP contribution in [0.3, 0.4) is 0 Å². The Morgan fingerprint density at radius 3 is 2.54 bits per heavy atom. The van der Waals surface area contributed by atoms with E-state index >= 15 is 0 Å². The molecule has 0 radical (unpaired) electrons. The molecule has 0 saturated heterocycles. The maximum Gasteiger partial charge on any atom is 0.251 e. The molecule has 6 heteroatoms. The van der Waals surface area contributed by atoms with Gasteiger partial charge in [-0.15, -0.1) is 0 Å². The van der Waals surface area contributed by atoms with Crippen LogP contribution in [-0.4, -0.2) is 30.4 Å². The molecule has 3 N–H and O–H groups in total. The SMILES string of the molecule is Cc1cc(C(=O)NCC(C)C)ccc1NCC(=O)NC1(C#N)CCCC1. The molecule has 1 saturated carbocycles. The molecule has 2 amide bonds. The number of carbonyl (C=O) groups excluding carboxylic acids is 2. The minimum atomic E-state index is -0.702. The second kappa shape index (κ2) is 8.70. The lowest BCUT2D eigenvalue weighted by molar-refractivity contribution is -0.120. The molecule has 26 heavy (non-hydrogen) atoms. The van der Waals surface area contributed by atoms with E-state index in [9.17, 15) is 14.9 Å². The highest BCUT2D eigenvalue weighted by molar-refractivity contribution is 5.95. The van der Waals surface area contributed by atoms with Gasteiger partial charge in [0.15, 0.2) is 0 Å². The highest BCUT2D eigenvalue weighted by Crippen LogP contribution is 2.28. The quantitative estimate of drug-likeness (QED) is 0.700. The minimum Gasteiger partial charge on any atom is -0.376 e. The Labute approximate surface area is 155 Å². The zero-order valence-corrected chi connectivity index (χ0v) is 15.8. The summed E-state index contributed by atoms with van der Waals surface area (Å²) in [5.41, 5.74) is 1.60. The van der Waals surface area contributed by atoms with Gasteiger partial charge >= 0.3 is 0 Å². The van der Waals surface area contributed by atoms with E-state index in [1.54, 1.807) is 6.07 Å². The number of nitriles is 1. The highest BCUT2D eigenvalue weighted by Gasteiger charge is 2.35. The largest absolute Gasteiger partial charge is 0.376 e. The zero-order valence-electron chi connectivity index (χ0n) is 15.8. The molecule has 1 aliphatic rings. The van der Waals surface area contributed by atoms with Crippen LogP contribution in [0.4, 0.5) is 5.69 Å². The number of nitrogens with zero attached hydrogens (tertiary/aromatic N) is 1. The van der Waals surface area contributed by atoms with Crippen LogP contribution in [0.5, 0.6) is 0 Å². The summed E-state index contributed by atoms with van der Waals surface area (Å²) in [6.45, 7) is 6.73. The Balaban J connectivity index is 1.90. The number of carbonyl (C=O) groups is 2. The van der Waals surface area contributed by atoms with Gasteiger partial charge in [-0.25, -0.2) is 0 Å². The Morgan fingerprint density at radius 2 is 1.96 bits per heavy atom. The van der Waals surface area contributed by atoms with Gasteiger partial charge in [0, 0.05) is 17.8 Å². The predicted octanol–water partition coefficient (Wildman–Crippen LogP) is 2.75. The van der Waals surface area contributed by atoms with Gasteiger partial charge in [0.25, 0.3) is 5.91 Å². The molecule has 140 valence electrons. The molecule has 1 fully saturated rings. The van der Waals surface area contributed by atoms with Crippen LogP contribution in [0, 0.1) is 24.2 Å². The fourth-order valence-corrected chi connectivity index (χ4v) is 3.13. The lowest BCUT2D eigenvalue weighted by Crippen LogP contribution is -2.47. The lowest BCUT2D eigenvalue weighted by Gasteiger charge is -2.22. The second-order valence-corrected chi connectivity index (χ2v) is 7.44. The van der Waals surface area contributed by atoms with Gasteiger partial charge in [-0.3, -0.25) is 9.59 Å². The summed E-state index contributed by atoms with van der Waals surface area (Å²) in [5.74, 6) is 0.117. The monoisotopic (exact) mass is 356 g/mol. The van der Waals surface area contributed by atoms with E-state index in [0.29, 0.717) is 30.9 Å². The van der Waals surface area contributed by atoms with E-state index in [-0.39, 0.29) is 18.4 Å². The number of anilines is 1. The number of benzene rings is 1. The van der Waals surface area contributed by atoms with Crippen LogP contribution in [-0.2, 0) is 4.79 Å². The first kappa shape index (κ1) is 19.8. The zero-order chi connectivity index (χ0) is 19.2. The first-order chi connectivity index (χ1) is 12.3. The van der Waals surface area contributed by atoms with E-state index in [1.165, 1.54) is 0 Å². The normalized spacial score (nSPS) is 15.3. The summed E-state index contributed by atoms with van der Waals surface area (Å²) in [5, 5.41) is 18.2. The first-order valence-corrected chi connectivity index (χ1v) is 9.20. The molecule has 0 aromatic heterocycles. The van der Waals surface area contributed by atoms with E-state index in [1.807, 2.05) is 32.9 Å². The number of nitrogens with one attached hydrogen (secondary N) is 3. The smallest absolute Gasteiger partial charge is 0.251 e. The summed E-state index contributed by atoms with van der Waals surface area (Å²) < 4.78 is 0. The van der Waals surface area contributed by atoms with Crippen molar-refractivity contribution in [1.82, 2.24) is 10.6 Å². The molecule has 6 nitrogen and oxygen atoms in total. The molecule has 2 rings (SSSR count). The lowest BCUT2D eigenvalue weighted by atomic mass is 10.00. The summed E-state index contributed by atoms with van der Waals surface area (Å²) in [4.78, 5) is 24.3. The van der Waals surface area contributed by atoms with Gasteiger partial charge in [0.05, 0.1) is 12.6 Å².